The van der Waals surface area contributed by atoms with Crippen molar-refractivity contribution in [3.05, 3.63) is 41.4 Å². The van der Waals surface area contributed by atoms with E-state index in [0.29, 0.717) is 6.20 Å². The van der Waals surface area contributed by atoms with Crippen LogP contribution in [0.4, 0.5) is 13.2 Å². The van der Waals surface area contributed by atoms with Crippen LogP contribution in [0.2, 0.25) is 5.15 Å². The smallest absolute Gasteiger partial charge is 0.417 e. The molecule has 2 aromatic rings. The lowest BCUT2D eigenvalue weighted by atomic mass is 10.1. The van der Waals surface area contributed by atoms with E-state index in [-0.39, 0.29) is 16.5 Å². The van der Waals surface area contributed by atoms with Gasteiger partial charge in [-0.15, -0.1) is 0 Å². The average Bonchev–Trinajstić information content (AvgIpc) is 2.69. The van der Waals surface area contributed by atoms with E-state index in [9.17, 15) is 13.2 Å². The molecule has 0 saturated heterocycles. The Kier molecular flexibility index (Phi) is 2.63. The number of aromatic nitrogens is 1. The second-order valence-electron chi connectivity index (χ2n) is 3.04. The number of hydrogen-bond acceptors (Lipinski definition) is 2. The summed E-state index contributed by atoms with van der Waals surface area (Å²) in [7, 11) is 0. The maximum atomic E-state index is 12.4. The molecular weight excluding hydrogens is 243 g/mol. The van der Waals surface area contributed by atoms with E-state index in [1.807, 2.05) is 0 Å². The topological polar surface area (TPSA) is 26.0 Å². The summed E-state index contributed by atoms with van der Waals surface area (Å²) >= 11 is 5.70. The lowest BCUT2D eigenvalue weighted by Crippen LogP contribution is -2.05. The zero-order valence-corrected chi connectivity index (χ0v) is 8.51. The molecule has 0 aromatic carbocycles. The Morgan fingerprint density at radius 1 is 1.31 bits per heavy atom. The molecule has 0 saturated carbocycles. The minimum atomic E-state index is -4.45. The Labute approximate surface area is 93.7 Å². The molecule has 84 valence electrons. The lowest BCUT2D eigenvalue weighted by molar-refractivity contribution is -0.137. The second-order valence-corrected chi connectivity index (χ2v) is 3.40. The third-order valence-corrected chi connectivity index (χ3v) is 2.25. The molecule has 0 aliphatic heterocycles. The van der Waals surface area contributed by atoms with Gasteiger partial charge in [-0.1, -0.05) is 11.6 Å². The van der Waals surface area contributed by atoms with Crippen LogP contribution in [0.3, 0.4) is 0 Å². The number of rotatable bonds is 1. The van der Waals surface area contributed by atoms with Gasteiger partial charge in [-0.2, -0.15) is 13.2 Å². The van der Waals surface area contributed by atoms with Crippen LogP contribution < -0.4 is 0 Å². The second kappa shape index (κ2) is 3.83. The third kappa shape index (κ3) is 2.04. The molecule has 2 aromatic heterocycles. The SMILES string of the molecule is FC(F)(F)c1cnc(Cl)c(-c2ccco2)c1. The van der Waals surface area contributed by atoms with Crippen molar-refractivity contribution in [2.45, 2.75) is 6.18 Å². The summed E-state index contributed by atoms with van der Waals surface area (Å²) in [6, 6.07) is 3.99. The van der Waals surface area contributed by atoms with Crippen molar-refractivity contribution in [1.29, 1.82) is 0 Å². The Hall–Kier alpha value is -1.49. The van der Waals surface area contributed by atoms with E-state index in [0.717, 1.165) is 6.07 Å². The molecule has 2 rings (SSSR count). The predicted molar refractivity (Wildman–Crippen MR) is 52.0 cm³/mol. The average molecular weight is 248 g/mol. The fraction of sp³-hybridized carbons (Fsp3) is 0.100. The van der Waals surface area contributed by atoms with Gasteiger partial charge in [-0.3, -0.25) is 0 Å². The number of hydrogen-bond donors (Lipinski definition) is 0. The summed E-state index contributed by atoms with van der Waals surface area (Å²) in [5.74, 6) is 0.253. The van der Waals surface area contributed by atoms with Gasteiger partial charge in [-0.05, 0) is 18.2 Å². The Morgan fingerprint density at radius 2 is 2.06 bits per heavy atom. The third-order valence-electron chi connectivity index (χ3n) is 1.95. The molecule has 0 spiro atoms. The van der Waals surface area contributed by atoms with Crippen LogP contribution in [0.25, 0.3) is 11.3 Å². The van der Waals surface area contributed by atoms with Crippen LogP contribution in [-0.4, -0.2) is 4.98 Å². The van der Waals surface area contributed by atoms with Crippen molar-refractivity contribution in [2.24, 2.45) is 0 Å². The van der Waals surface area contributed by atoms with Crippen LogP contribution in [-0.2, 0) is 6.18 Å². The number of pyridine rings is 1. The predicted octanol–water partition coefficient (Wildman–Crippen LogP) is 4.01. The molecule has 16 heavy (non-hydrogen) atoms. The van der Waals surface area contributed by atoms with E-state index < -0.39 is 11.7 Å². The van der Waals surface area contributed by atoms with Crippen LogP contribution in [0.1, 0.15) is 5.56 Å². The summed E-state index contributed by atoms with van der Waals surface area (Å²) < 4.78 is 42.3. The molecule has 2 nitrogen and oxygen atoms in total. The van der Waals surface area contributed by atoms with Gasteiger partial charge in [0.1, 0.15) is 10.9 Å². The van der Waals surface area contributed by atoms with Crippen molar-refractivity contribution in [2.75, 3.05) is 0 Å². The molecule has 0 unspecified atom stereocenters. The number of furan rings is 1. The molecular formula is C10H5ClF3NO. The molecule has 0 amide bonds. The van der Waals surface area contributed by atoms with E-state index in [1.165, 1.54) is 12.3 Å². The molecule has 0 aliphatic rings. The zero-order chi connectivity index (χ0) is 11.8. The first kappa shape index (κ1) is 11.0. The quantitative estimate of drug-likeness (QED) is 0.712. The highest BCUT2D eigenvalue weighted by atomic mass is 35.5. The molecule has 0 bridgehead atoms. The van der Waals surface area contributed by atoms with Crippen molar-refractivity contribution in [3.63, 3.8) is 0 Å². The van der Waals surface area contributed by atoms with Crippen molar-refractivity contribution in [3.8, 4) is 11.3 Å². The first-order valence-electron chi connectivity index (χ1n) is 4.25. The van der Waals surface area contributed by atoms with E-state index in [2.05, 4.69) is 4.98 Å². The molecule has 0 radical (unpaired) electrons. The Morgan fingerprint density at radius 3 is 2.62 bits per heavy atom. The zero-order valence-electron chi connectivity index (χ0n) is 7.75. The fourth-order valence-electron chi connectivity index (χ4n) is 1.21. The highest BCUT2D eigenvalue weighted by molar-refractivity contribution is 6.32. The Balaban J connectivity index is 2.54. The summed E-state index contributed by atoms with van der Waals surface area (Å²) in [5, 5.41) is -0.0250. The summed E-state index contributed by atoms with van der Waals surface area (Å²) in [4.78, 5) is 3.49. The van der Waals surface area contributed by atoms with Crippen LogP contribution in [0.5, 0.6) is 0 Å². The van der Waals surface area contributed by atoms with Crippen molar-refractivity contribution in [1.82, 2.24) is 4.98 Å². The van der Waals surface area contributed by atoms with E-state index >= 15 is 0 Å². The van der Waals surface area contributed by atoms with Crippen LogP contribution >= 0.6 is 11.6 Å². The van der Waals surface area contributed by atoms with Crippen LogP contribution in [0, 0.1) is 0 Å². The Bertz CT molecular complexity index is 493. The molecule has 0 atom stereocenters. The number of nitrogens with zero attached hydrogens (tertiary/aromatic N) is 1. The normalized spacial score (nSPS) is 11.8. The molecule has 2 heterocycles. The number of alkyl halides is 3. The monoisotopic (exact) mass is 247 g/mol. The van der Waals surface area contributed by atoms with Gasteiger partial charge in [0.05, 0.1) is 17.4 Å². The summed E-state index contributed by atoms with van der Waals surface area (Å²) in [6.45, 7) is 0. The van der Waals surface area contributed by atoms with E-state index in [1.54, 1.807) is 6.07 Å². The largest absolute Gasteiger partial charge is 0.464 e. The molecule has 0 aliphatic carbocycles. The molecule has 6 heteroatoms. The van der Waals surface area contributed by atoms with Gasteiger partial charge < -0.3 is 4.42 Å². The first-order chi connectivity index (χ1) is 7.48. The van der Waals surface area contributed by atoms with Gasteiger partial charge in [0.15, 0.2) is 0 Å². The minimum absolute atomic E-state index is 0.0250. The van der Waals surface area contributed by atoms with Gasteiger partial charge in [0.2, 0.25) is 0 Å². The van der Waals surface area contributed by atoms with Crippen molar-refractivity contribution >= 4 is 11.6 Å². The maximum absolute atomic E-state index is 12.4. The van der Waals surface area contributed by atoms with Gasteiger partial charge >= 0.3 is 6.18 Å². The molecule has 0 fully saturated rings. The molecule has 0 N–H and O–H groups in total. The minimum Gasteiger partial charge on any atom is -0.464 e. The highest BCUT2D eigenvalue weighted by Crippen LogP contribution is 2.34. The van der Waals surface area contributed by atoms with Crippen molar-refractivity contribution < 1.29 is 17.6 Å². The van der Waals surface area contributed by atoms with E-state index in [4.69, 9.17) is 16.0 Å². The number of halogens is 4. The van der Waals surface area contributed by atoms with Gasteiger partial charge in [-0.25, -0.2) is 4.98 Å². The first-order valence-corrected chi connectivity index (χ1v) is 4.63. The summed E-state index contributed by atoms with van der Waals surface area (Å²) in [5.41, 5.74) is -0.732. The lowest BCUT2D eigenvalue weighted by Gasteiger charge is -2.08. The highest BCUT2D eigenvalue weighted by Gasteiger charge is 2.32. The van der Waals surface area contributed by atoms with Gasteiger partial charge in [0, 0.05) is 6.20 Å². The maximum Gasteiger partial charge on any atom is 0.417 e. The van der Waals surface area contributed by atoms with Crippen LogP contribution in [0.15, 0.2) is 35.1 Å². The summed E-state index contributed by atoms with van der Waals surface area (Å²) in [6.07, 6.45) is -2.40. The fourth-order valence-corrected chi connectivity index (χ4v) is 1.40. The standard InChI is InChI=1S/C10H5ClF3NO/c11-9-7(8-2-1-3-16-8)4-6(5-15-9)10(12,13)14/h1-5H. The van der Waals surface area contributed by atoms with Gasteiger partial charge in [0.25, 0.3) is 0 Å².